The highest BCUT2D eigenvalue weighted by Gasteiger charge is 2.43. The number of imidazole rings is 1. The van der Waals surface area contributed by atoms with Crippen molar-refractivity contribution in [2.75, 3.05) is 13.1 Å². The third-order valence-electron chi connectivity index (χ3n) is 4.16. The number of fused-ring (bicyclic) bond motifs is 2. The van der Waals surface area contributed by atoms with Gasteiger partial charge in [-0.25, -0.2) is 4.98 Å². The number of rotatable bonds is 1. The molecule has 0 amide bonds. The van der Waals surface area contributed by atoms with E-state index in [0.29, 0.717) is 5.41 Å². The molecule has 3 nitrogen and oxygen atoms in total. The summed E-state index contributed by atoms with van der Waals surface area (Å²) in [6.45, 7) is 3.37. The molecule has 0 unspecified atom stereocenters. The Morgan fingerprint density at radius 2 is 2.41 bits per heavy atom. The summed E-state index contributed by atoms with van der Waals surface area (Å²) in [4.78, 5) is 6.06. The molecule has 1 spiro atoms. The molecule has 0 bridgehead atoms. The van der Waals surface area contributed by atoms with Crippen molar-refractivity contribution in [3.05, 3.63) is 29.5 Å². The number of aromatic nitrogens is 2. The van der Waals surface area contributed by atoms with E-state index in [2.05, 4.69) is 33.6 Å². The molecule has 0 aliphatic carbocycles. The largest absolute Gasteiger partial charge is 0.327 e. The van der Waals surface area contributed by atoms with E-state index in [4.69, 9.17) is 4.98 Å². The fourth-order valence-electron chi connectivity index (χ4n) is 3.23. The highest BCUT2D eigenvalue weighted by Crippen LogP contribution is 2.41. The minimum Gasteiger partial charge on any atom is -0.327 e. The van der Waals surface area contributed by atoms with Gasteiger partial charge < -0.3 is 9.88 Å². The highest BCUT2D eigenvalue weighted by atomic mass is 32.1. The Kier molecular flexibility index (Phi) is 1.99. The van der Waals surface area contributed by atoms with Crippen LogP contribution in [-0.2, 0) is 12.0 Å². The molecular formula is C13H15N3S. The summed E-state index contributed by atoms with van der Waals surface area (Å²) >= 11 is 1.80. The minimum atomic E-state index is 0.329. The van der Waals surface area contributed by atoms with Crippen LogP contribution >= 0.6 is 11.3 Å². The molecule has 2 aliphatic rings. The molecule has 2 aromatic heterocycles. The van der Waals surface area contributed by atoms with Gasteiger partial charge in [-0.1, -0.05) is 6.07 Å². The number of hydrogen-bond donors (Lipinski definition) is 1. The van der Waals surface area contributed by atoms with Crippen LogP contribution in [0.5, 0.6) is 0 Å². The fraction of sp³-hybridized carbons (Fsp3) is 0.462. The van der Waals surface area contributed by atoms with Gasteiger partial charge in [-0.2, -0.15) is 0 Å². The number of nitrogens with one attached hydrogen (secondary N) is 1. The summed E-state index contributed by atoms with van der Waals surface area (Å²) in [6, 6.07) is 4.30. The zero-order valence-corrected chi connectivity index (χ0v) is 10.5. The van der Waals surface area contributed by atoms with Crippen LogP contribution in [0.25, 0.3) is 10.6 Å². The van der Waals surface area contributed by atoms with Gasteiger partial charge in [0.05, 0.1) is 16.8 Å². The Bertz CT molecular complexity index is 535. The monoisotopic (exact) mass is 245 g/mol. The second-order valence-corrected chi connectivity index (χ2v) is 6.00. The Morgan fingerprint density at radius 1 is 1.41 bits per heavy atom. The summed E-state index contributed by atoms with van der Waals surface area (Å²) in [5.74, 6) is 1.31. The van der Waals surface area contributed by atoms with Crippen LogP contribution in [0, 0.1) is 0 Å². The van der Waals surface area contributed by atoms with Crippen LogP contribution in [0.1, 0.15) is 18.7 Å². The van der Waals surface area contributed by atoms with Gasteiger partial charge >= 0.3 is 0 Å². The summed E-state index contributed by atoms with van der Waals surface area (Å²) in [7, 11) is 0. The lowest BCUT2D eigenvalue weighted by Crippen LogP contribution is -2.26. The van der Waals surface area contributed by atoms with Crippen molar-refractivity contribution in [1.29, 1.82) is 0 Å². The zero-order valence-electron chi connectivity index (χ0n) is 9.65. The maximum Gasteiger partial charge on any atom is 0.116 e. The first-order chi connectivity index (χ1) is 8.39. The lowest BCUT2D eigenvalue weighted by Gasteiger charge is -2.18. The van der Waals surface area contributed by atoms with Gasteiger partial charge in [0.25, 0.3) is 0 Å². The Labute approximate surface area is 104 Å². The molecule has 0 aromatic carbocycles. The zero-order chi connectivity index (χ0) is 11.3. The van der Waals surface area contributed by atoms with Crippen LogP contribution in [-0.4, -0.2) is 22.6 Å². The highest BCUT2D eigenvalue weighted by molar-refractivity contribution is 7.13. The van der Waals surface area contributed by atoms with E-state index < -0.39 is 0 Å². The third kappa shape index (κ3) is 1.28. The van der Waals surface area contributed by atoms with Crippen LogP contribution in [0.4, 0.5) is 0 Å². The molecule has 1 N–H and O–H groups in total. The Hall–Kier alpha value is -1.13. The average Bonchev–Trinajstić information content (AvgIpc) is 3.09. The topological polar surface area (TPSA) is 29.9 Å². The van der Waals surface area contributed by atoms with Crippen molar-refractivity contribution in [2.45, 2.75) is 24.8 Å². The van der Waals surface area contributed by atoms with Gasteiger partial charge in [-0.15, -0.1) is 11.3 Å². The summed E-state index contributed by atoms with van der Waals surface area (Å²) in [6.07, 6.45) is 4.55. The van der Waals surface area contributed by atoms with Gasteiger partial charge in [0.2, 0.25) is 0 Å². The third-order valence-corrected chi connectivity index (χ3v) is 5.05. The van der Waals surface area contributed by atoms with E-state index in [0.717, 1.165) is 19.6 Å². The first-order valence-electron chi connectivity index (χ1n) is 6.20. The van der Waals surface area contributed by atoms with Gasteiger partial charge in [0.15, 0.2) is 0 Å². The van der Waals surface area contributed by atoms with Crippen molar-refractivity contribution >= 4 is 11.3 Å². The van der Waals surface area contributed by atoms with Gasteiger partial charge in [0, 0.05) is 18.5 Å². The van der Waals surface area contributed by atoms with Crippen molar-refractivity contribution in [3.8, 4) is 10.6 Å². The van der Waals surface area contributed by atoms with Crippen LogP contribution in [0.2, 0.25) is 0 Å². The number of nitrogens with zero attached hydrogens (tertiary/aromatic N) is 2. The van der Waals surface area contributed by atoms with E-state index >= 15 is 0 Å². The first kappa shape index (κ1) is 9.85. The van der Waals surface area contributed by atoms with Gasteiger partial charge in [0.1, 0.15) is 5.82 Å². The van der Waals surface area contributed by atoms with Crippen LogP contribution in [0.15, 0.2) is 23.7 Å². The van der Waals surface area contributed by atoms with E-state index in [9.17, 15) is 0 Å². The van der Waals surface area contributed by atoms with E-state index in [1.807, 2.05) is 0 Å². The number of hydrogen-bond acceptors (Lipinski definition) is 3. The molecule has 4 heteroatoms. The molecular weight excluding hydrogens is 230 g/mol. The first-order valence-corrected chi connectivity index (χ1v) is 7.08. The normalized spacial score (nSPS) is 26.8. The van der Waals surface area contributed by atoms with E-state index in [1.54, 1.807) is 11.3 Å². The maximum absolute atomic E-state index is 4.72. The second kappa shape index (κ2) is 3.43. The molecule has 1 atom stereocenters. The average molecular weight is 245 g/mol. The molecule has 2 aromatic rings. The molecule has 1 saturated heterocycles. The van der Waals surface area contributed by atoms with Crippen LogP contribution in [0.3, 0.4) is 0 Å². The second-order valence-electron chi connectivity index (χ2n) is 5.05. The molecule has 4 heterocycles. The standard InChI is InChI=1S/C13H15N3S/c1-2-11(17-7-1)10-8-15-12-13(3-5-14-9-13)4-6-16(10)12/h1-2,7-8,14H,3-6,9H2/t13-/m1/s1. The maximum atomic E-state index is 4.72. The molecule has 1 fully saturated rings. The molecule has 17 heavy (non-hydrogen) atoms. The molecule has 88 valence electrons. The minimum absolute atomic E-state index is 0.329. The molecule has 0 saturated carbocycles. The van der Waals surface area contributed by atoms with Gasteiger partial charge in [-0.05, 0) is 30.8 Å². The van der Waals surface area contributed by atoms with Crippen LogP contribution < -0.4 is 5.32 Å². The Balaban J connectivity index is 1.83. The van der Waals surface area contributed by atoms with Crippen molar-refractivity contribution in [1.82, 2.24) is 14.9 Å². The smallest absolute Gasteiger partial charge is 0.116 e. The summed E-state index contributed by atoms with van der Waals surface area (Å²) in [5, 5.41) is 5.63. The molecule has 0 radical (unpaired) electrons. The quantitative estimate of drug-likeness (QED) is 0.835. The number of thiophene rings is 1. The Morgan fingerprint density at radius 3 is 3.18 bits per heavy atom. The summed E-state index contributed by atoms with van der Waals surface area (Å²) < 4.78 is 2.43. The van der Waals surface area contributed by atoms with E-state index in [-0.39, 0.29) is 0 Å². The van der Waals surface area contributed by atoms with E-state index in [1.165, 1.54) is 29.2 Å². The predicted octanol–water partition coefficient (Wildman–Crippen LogP) is 2.25. The van der Waals surface area contributed by atoms with Crippen molar-refractivity contribution in [2.24, 2.45) is 0 Å². The van der Waals surface area contributed by atoms with Crippen molar-refractivity contribution < 1.29 is 0 Å². The summed E-state index contributed by atoms with van der Waals surface area (Å²) in [5.41, 5.74) is 1.63. The lowest BCUT2D eigenvalue weighted by molar-refractivity contribution is 0.457. The molecule has 2 aliphatic heterocycles. The van der Waals surface area contributed by atoms with Crippen molar-refractivity contribution in [3.63, 3.8) is 0 Å². The molecule has 4 rings (SSSR count). The fourth-order valence-corrected chi connectivity index (χ4v) is 3.98. The SMILES string of the molecule is c1csc(-c2cnc3n2CC[C@@]32CCNC2)c1. The lowest BCUT2D eigenvalue weighted by atomic mass is 9.85. The van der Waals surface area contributed by atoms with Gasteiger partial charge in [-0.3, -0.25) is 0 Å². The predicted molar refractivity (Wildman–Crippen MR) is 69.3 cm³/mol.